The van der Waals surface area contributed by atoms with Crippen LogP contribution in [0.2, 0.25) is 5.02 Å². The van der Waals surface area contributed by atoms with Crippen LogP contribution < -0.4 is 5.56 Å². The summed E-state index contributed by atoms with van der Waals surface area (Å²) in [5.41, 5.74) is 1.71. The molecular weight excluding hydrogens is 352 g/mol. The van der Waals surface area contributed by atoms with Gasteiger partial charge in [0.05, 0.1) is 5.69 Å². The molecule has 1 aromatic carbocycles. The fourth-order valence-corrected chi connectivity index (χ4v) is 3.64. The third-order valence-electron chi connectivity index (χ3n) is 4.86. The van der Waals surface area contributed by atoms with Crippen LogP contribution in [-0.4, -0.2) is 37.8 Å². The second-order valence-corrected chi connectivity index (χ2v) is 6.98. The zero-order valence-corrected chi connectivity index (χ0v) is 15.2. The minimum absolute atomic E-state index is 0.116. The summed E-state index contributed by atoms with van der Waals surface area (Å²) in [4.78, 5) is 31.6. The molecule has 1 saturated heterocycles. The van der Waals surface area contributed by atoms with Gasteiger partial charge in [0.1, 0.15) is 5.69 Å². The average molecular weight is 371 g/mol. The summed E-state index contributed by atoms with van der Waals surface area (Å²) in [6.45, 7) is 1.49. The Morgan fingerprint density at radius 2 is 1.85 bits per heavy atom. The number of hydrogen-bond donors (Lipinski definition) is 0. The van der Waals surface area contributed by atoms with Crippen LogP contribution in [-0.2, 0) is 7.05 Å². The predicted molar refractivity (Wildman–Crippen MR) is 101 cm³/mol. The van der Waals surface area contributed by atoms with E-state index in [4.69, 9.17) is 11.6 Å². The molecule has 134 valence electrons. The second-order valence-electron chi connectivity index (χ2n) is 6.57. The topological polar surface area (TPSA) is 59.6 Å². The van der Waals surface area contributed by atoms with Gasteiger partial charge < -0.3 is 9.47 Å². The Morgan fingerprint density at radius 3 is 2.58 bits per heavy atom. The summed E-state index contributed by atoms with van der Waals surface area (Å²) in [5, 5.41) is 0.562. The van der Waals surface area contributed by atoms with Crippen LogP contribution in [0.25, 0.3) is 16.9 Å². The number of rotatable bonds is 2. The molecule has 0 atom stereocenters. The normalized spacial score (nSPS) is 14.8. The fourth-order valence-electron chi connectivity index (χ4n) is 3.41. The number of nitrogens with zero attached hydrogens (tertiary/aromatic N) is 4. The van der Waals surface area contributed by atoms with Gasteiger partial charge in [-0.1, -0.05) is 29.8 Å². The molecule has 0 aliphatic carbocycles. The molecule has 0 unspecified atom stereocenters. The third kappa shape index (κ3) is 2.80. The molecule has 0 saturated carbocycles. The first-order valence-corrected chi connectivity index (χ1v) is 9.07. The maximum absolute atomic E-state index is 12.8. The molecule has 0 bridgehead atoms. The van der Waals surface area contributed by atoms with Crippen molar-refractivity contribution in [3.63, 3.8) is 0 Å². The molecule has 1 fully saturated rings. The van der Waals surface area contributed by atoms with Crippen LogP contribution >= 0.6 is 11.6 Å². The van der Waals surface area contributed by atoms with Crippen molar-refractivity contribution >= 4 is 23.2 Å². The number of hydrogen-bond acceptors (Lipinski definition) is 3. The largest absolute Gasteiger partial charge is 0.337 e. The van der Waals surface area contributed by atoms with E-state index in [0.717, 1.165) is 37.9 Å². The zero-order valence-electron chi connectivity index (χ0n) is 14.5. The number of aromatic nitrogens is 3. The maximum atomic E-state index is 12.8. The Hall–Kier alpha value is -2.60. The van der Waals surface area contributed by atoms with Gasteiger partial charge in [-0.3, -0.25) is 14.0 Å². The third-order valence-corrected chi connectivity index (χ3v) is 5.19. The number of carbonyl (C=O) groups is 1. The molecule has 6 nitrogen and oxygen atoms in total. The van der Waals surface area contributed by atoms with E-state index >= 15 is 0 Å². The highest BCUT2D eigenvalue weighted by atomic mass is 35.5. The molecule has 3 aromatic rings. The van der Waals surface area contributed by atoms with Gasteiger partial charge >= 0.3 is 0 Å². The maximum Gasteiger partial charge on any atom is 0.294 e. The van der Waals surface area contributed by atoms with Gasteiger partial charge in [-0.2, -0.15) is 0 Å². The van der Waals surface area contributed by atoms with Crippen LogP contribution in [0.4, 0.5) is 0 Å². The molecule has 1 aliphatic heterocycles. The molecule has 4 rings (SSSR count). The first kappa shape index (κ1) is 16.8. The Morgan fingerprint density at radius 1 is 1.12 bits per heavy atom. The van der Waals surface area contributed by atoms with E-state index in [1.807, 2.05) is 23.1 Å². The number of likely N-dealkylation sites (tertiary alicyclic amines) is 1. The van der Waals surface area contributed by atoms with E-state index in [-0.39, 0.29) is 17.1 Å². The number of amides is 1. The van der Waals surface area contributed by atoms with Crippen LogP contribution in [0.5, 0.6) is 0 Å². The molecule has 7 heteroatoms. The summed E-state index contributed by atoms with van der Waals surface area (Å²) in [7, 11) is 1.68. The summed E-state index contributed by atoms with van der Waals surface area (Å²) in [6.07, 6.45) is 6.59. The second kappa shape index (κ2) is 6.61. The first-order valence-electron chi connectivity index (χ1n) is 8.69. The van der Waals surface area contributed by atoms with E-state index < -0.39 is 0 Å². The minimum Gasteiger partial charge on any atom is -0.337 e. The number of fused-ring (bicyclic) bond motifs is 1. The van der Waals surface area contributed by atoms with Crippen molar-refractivity contribution in [3.05, 3.63) is 57.7 Å². The lowest BCUT2D eigenvalue weighted by atomic mass is 10.1. The van der Waals surface area contributed by atoms with Gasteiger partial charge in [-0.05, 0) is 25.3 Å². The molecule has 1 amide bonds. The smallest absolute Gasteiger partial charge is 0.294 e. The standard InChI is InChI=1S/C19H19ClN4O2/c1-22-16(13-7-3-4-8-14(13)20)12-24-11-15(21-17(24)19(22)26)18(25)23-9-5-2-6-10-23/h3-4,7-8,11-12H,2,5-6,9-10H2,1H3. The van der Waals surface area contributed by atoms with Gasteiger partial charge in [-0.15, -0.1) is 0 Å². The van der Waals surface area contributed by atoms with Gasteiger partial charge in [0, 0.05) is 43.1 Å². The summed E-state index contributed by atoms with van der Waals surface area (Å²) in [5.74, 6) is -0.116. The van der Waals surface area contributed by atoms with E-state index in [1.54, 1.807) is 29.9 Å². The van der Waals surface area contributed by atoms with E-state index in [1.165, 1.54) is 4.57 Å². The van der Waals surface area contributed by atoms with Crippen molar-refractivity contribution in [3.8, 4) is 11.3 Å². The fraction of sp³-hybridized carbons (Fsp3) is 0.316. The highest BCUT2D eigenvalue weighted by Crippen LogP contribution is 2.26. The van der Waals surface area contributed by atoms with Crippen molar-refractivity contribution in [1.29, 1.82) is 0 Å². The van der Waals surface area contributed by atoms with E-state index in [0.29, 0.717) is 16.4 Å². The highest BCUT2D eigenvalue weighted by Gasteiger charge is 2.22. The van der Waals surface area contributed by atoms with E-state index in [2.05, 4.69) is 4.98 Å². The number of imidazole rings is 1. The van der Waals surface area contributed by atoms with E-state index in [9.17, 15) is 9.59 Å². The monoisotopic (exact) mass is 370 g/mol. The Balaban J connectivity index is 1.81. The lowest BCUT2D eigenvalue weighted by molar-refractivity contribution is 0.0719. The first-order chi connectivity index (χ1) is 12.6. The summed E-state index contributed by atoms with van der Waals surface area (Å²) in [6, 6.07) is 7.36. The molecule has 26 heavy (non-hydrogen) atoms. The van der Waals surface area contributed by atoms with Crippen molar-refractivity contribution in [2.75, 3.05) is 13.1 Å². The Labute approximate surface area is 155 Å². The lowest BCUT2D eigenvalue weighted by Gasteiger charge is -2.25. The molecule has 0 radical (unpaired) electrons. The molecule has 1 aliphatic rings. The van der Waals surface area contributed by atoms with Crippen molar-refractivity contribution < 1.29 is 4.79 Å². The van der Waals surface area contributed by atoms with Crippen molar-refractivity contribution in [1.82, 2.24) is 18.9 Å². The Kier molecular flexibility index (Phi) is 4.28. The minimum atomic E-state index is -0.264. The van der Waals surface area contributed by atoms with Crippen molar-refractivity contribution in [2.24, 2.45) is 7.05 Å². The molecular formula is C19H19ClN4O2. The molecule has 0 spiro atoms. The van der Waals surface area contributed by atoms with Gasteiger partial charge in [0.2, 0.25) is 5.65 Å². The highest BCUT2D eigenvalue weighted by molar-refractivity contribution is 6.33. The molecule has 2 aromatic heterocycles. The van der Waals surface area contributed by atoms with Gasteiger partial charge in [0.25, 0.3) is 11.5 Å². The van der Waals surface area contributed by atoms with Gasteiger partial charge in [0.15, 0.2) is 0 Å². The SMILES string of the molecule is Cn1c(-c2ccccc2Cl)cn2cc(C(=O)N3CCCCC3)nc2c1=O. The quantitative estimate of drug-likeness (QED) is 0.696. The molecule has 0 N–H and O–H groups in total. The van der Waals surface area contributed by atoms with Crippen molar-refractivity contribution in [2.45, 2.75) is 19.3 Å². The lowest BCUT2D eigenvalue weighted by Crippen LogP contribution is -2.35. The van der Waals surface area contributed by atoms with Gasteiger partial charge in [-0.25, -0.2) is 4.98 Å². The number of piperidine rings is 1. The predicted octanol–water partition coefficient (Wildman–Crippen LogP) is 2.98. The summed E-state index contributed by atoms with van der Waals surface area (Å²) >= 11 is 6.29. The number of benzene rings is 1. The van der Waals surface area contributed by atoms with Crippen LogP contribution in [0.15, 0.2) is 41.5 Å². The summed E-state index contributed by atoms with van der Waals surface area (Å²) < 4.78 is 3.14. The van der Waals surface area contributed by atoms with Crippen LogP contribution in [0.1, 0.15) is 29.8 Å². The number of carbonyl (C=O) groups excluding carboxylic acids is 1. The zero-order chi connectivity index (χ0) is 18.3. The Bertz CT molecular complexity index is 1050. The molecule has 3 heterocycles. The van der Waals surface area contributed by atoms with Crippen LogP contribution in [0.3, 0.4) is 0 Å². The average Bonchev–Trinajstić information content (AvgIpc) is 3.10. The van der Waals surface area contributed by atoms with Crippen LogP contribution in [0, 0.1) is 0 Å². The number of halogens is 1.